The lowest BCUT2D eigenvalue weighted by Gasteiger charge is -2.38. The van der Waals surface area contributed by atoms with Gasteiger partial charge in [-0.15, -0.1) is 0 Å². The van der Waals surface area contributed by atoms with E-state index in [2.05, 4.69) is 4.72 Å². The fourth-order valence-electron chi connectivity index (χ4n) is 2.99. The van der Waals surface area contributed by atoms with Gasteiger partial charge in [0.05, 0.1) is 12.9 Å². The van der Waals surface area contributed by atoms with Gasteiger partial charge in [0.25, 0.3) is 0 Å². The van der Waals surface area contributed by atoms with Crippen LogP contribution in [0.15, 0.2) is 18.2 Å². The molecular formula is C16H24ClNO4S. The van der Waals surface area contributed by atoms with Crippen molar-refractivity contribution in [2.24, 2.45) is 0 Å². The number of rotatable bonds is 7. The lowest BCUT2D eigenvalue weighted by atomic mass is 9.74. The van der Waals surface area contributed by atoms with Gasteiger partial charge in [-0.05, 0) is 37.5 Å². The number of ether oxygens (including phenoxy) is 2. The Morgan fingerprint density at radius 2 is 2.04 bits per heavy atom. The minimum Gasteiger partial charge on any atom is -0.496 e. The summed E-state index contributed by atoms with van der Waals surface area (Å²) in [4.78, 5) is 0. The first-order valence-electron chi connectivity index (χ1n) is 7.81. The number of benzene rings is 1. The smallest absolute Gasteiger partial charge is 0.211 e. The zero-order valence-electron chi connectivity index (χ0n) is 13.6. The molecule has 1 fully saturated rings. The molecule has 130 valence electrons. The molecule has 23 heavy (non-hydrogen) atoms. The quantitative estimate of drug-likeness (QED) is 0.811. The molecular weight excluding hydrogens is 338 g/mol. The Balaban J connectivity index is 2.34. The Labute approximate surface area is 143 Å². The Bertz CT molecular complexity index is 627. The molecule has 0 aromatic heterocycles. The second-order valence-electron chi connectivity index (χ2n) is 5.88. The zero-order chi connectivity index (χ0) is 16.9. The molecule has 1 heterocycles. The topological polar surface area (TPSA) is 64.6 Å². The first kappa shape index (κ1) is 18.5. The zero-order valence-corrected chi connectivity index (χ0v) is 15.2. The predicted molar refractivity (Wildman–Crippen MR) is 91.8 cm³/mol. The molecule has 1 aromatic carbocycles. The van der Waals surface area contributed by atoms with E-state index in [1.54, 1.807) is 13.2 Å². The highest BCUT2D eigenvalue weighted by atomic mass is 35.5. The molecule has 1 N–H and O–H groups in total. The SMILES string of the molecule is CCCS(=O)(=O)NCC1(c2cc(Cl)ccc2OC)CCOCC1. The molecule has 0 amide bonds. The molecule has 0 aliphatic carbocycles. The molecule has 0 unspecified atom stereocenters. The molecule has 0 saturated carbocycles. The fourth-order valence-corrected chi connectivity index (χ4v) is 4.34. The molecule has 2 rings (SSSR count). The molecule has 1 aromatic rings. The summed E-state index contributed by atoms with van der Waals surface area (Å²) in [6.45, 7) is 3.36. The van der Waals surface area contributed by atoms with E-state index in [1.807, 2.05) is 19.1 Å². The van der Waals surface area contributed by atoms with Gasteiger partial charge in [0.1, 0.15) is 5.75 Å². The maximum Gasteiger partial charge on any atom is 0.211 e. The van der Waals surface area contributed by atoms with Crippen LogP contribution < -0.4 is 9.46 Å². The van der Waals surface area contributed by atoms with Crippen molar-refractivity contribution in [3.05, 3.63) is 28.8 Å². The van der Waals surface area contributed by atoms with Gasteiger partial charge in [-0.3, -0.25) is 0 Å². The van der Waals surface area contributed by atoms with Gasteiger partial charge in [0, 0.05) is 35.8 Å². The average molecular weight is 362 g/mol. The van der Waals surface area contributed by atoms with Crippen LogP contribution >= 0.6 is 11.6 Å². The third-order valence-corrected chi connectivity index (χ3v) is 6.05. The van der Waals surface area contributed by atoms with Crippen molar-refractivity contribution in [1.82, 2.24) is 4.72 Å². The van der Waals surface area contributed by atoms with Crippen molar-refractivity contribution in [2.75, 3.05) is 32.6 Å². The summed E-state index contributed by atoms with van der Waals surface area (Å²) in [5.74, 6) is 0.859. The predicted octanol–water partition coefficient (Wildman–Crippen LogP) is 2.73. The second-order valence-corrected chi connectivity index (χ2v) is 8.24. The lowest BCUT2D eigenvalue weighted by Crippen LogP contribution is -2.45. The van der Waals surface area contributed by atoms with Gasteiger partial charge in [-0.2, -0.15) is 0 Å². The van der Waals surface area contributed by atoms with E-state index in [4.69, 9.17) is 21.1 Å². The third-order valence-electron chi connectivity index (χ3n) is 4.29. The highest BCUT2D eigenvalue weighted by molar-refractivity contribution is 7.89. The summed E-state index contributed by atoms with van der Waals surface area (Å²) in [7, 11) is -1.66. The van der Waals surface area contributed by atoms with E-state index in [-0.39, 0.29) is 11.2 Å². The molecule has 0 radical (unpaired) electrons. The van der Waals surface area contributed by atoms with Crippen LogP contribution in [0.25, 0.3) is 0 Å². The minimum absolute atomic E-state index is 0.131. The minimum atomic E-state index is -3.27. The number of halogens is 1. The van der Waals surface area contributed by atoms with E-state index in [9.17, 15) is 8.42 Å². The highest BCUT2D eigenvalue weighted by Crippen LogP contribution is 2.40. The van der Waals surface area contributed by atoms with Crippen molar-refractivity contribution in [1.29, 1.82) is 0 Å². The monoisotopic (exact) mass is 361 g/mol. The molecule has 1 saturated heterocycles. The van der Waals surface area contributed by atoms with Crippen LogP contribution in [0, 0.1) is 0 Å². The Kier molecular flexibility index (Phi) is 6.31. The van der Waals surface area contributed by atoms with Gasteiger partial charge in [-0.1, -0.05) is 18.5 Å². The van der Waals surface area contributed by atoms with Crippen LogP contribution in [0.4, 0.5) is 0 Å². The van der Waals surface area contributed by atoms with Crippen molar-refractivity contribution in [3.8, 4) is 5.75 Å². The summed E-state index contributed by atoms with van der Waals surface area (Å²) in [5, 5.41) is 0.614. The summed E-state index contributed by atoms with van der Waals surface area (Å²) in [6.07, 6.45) is 2.03. The van der Waals surface area contributed by atoms with E-state index in [0.29, 0.717) is 31.2 Å². The van der Waals surface area contributed by atoms with Crippen molar-refractivity contribution in [3.63, 3.8) is 0 Å². The maximum atomic E-state index is 12.1. The van der Waals surface area contributed by atoms with Crippen LogP contribution in [-0.2, 0) is 20.2 Å². The number of methoxy groups -OCH3 is 1. The molecule has 1 aliphatic heterocycles. The molecule has 0 bridgehead atoms. The van der Waals surface area contributed by atoms with Gasteiger partial charge < -0.3 is 9.47 Å². The van der Waals surface area contributed by atoms with Crippen molar-refractivity contribution < 1.29 is 17.9 Å². The molecule has 5 nitrogen and oxygen atoms in total. The standard InChI is InChI=1S/C16H24ClNO4S/c1-3-10-23(19,20)18-12-16(6-8-22-9-7-16)14-11-13(17)4-5-15(14)21-2/h4-5,11,18H,3,6-10,12H2,1-2H3. The van der Waals surface area contributed by atoms with Crippen LogP contribution in [0.5, 0.6) is 5.75 Å². The van der Waals surface area contributed by atoms with Crippen LogP contribution in [-0.4, -0.2) is 41.0 Å². The highest BCUT2D eigenvalue weighted by Gasteiger charge is 2.37. The Morgan fingerprint density at radius 1 is 1.35 bits per heavy atom. The number of hydrogen-bond acceptors (Lipinski definition) is 4. The maximum absolute atomic E-state index is 12.1. The third kappa shape index (κ3) is 4.59. The summed E-state index contributed by atoms with van der Waals surface area (Å²) in [6, 6.07) is 5.48. The summed E-state index contributed by atoms with van der Waals surface area (Å²) >= 11 is 6.17. The van der Waals surface area contributed by atoms with Crippen molar-refractivity contribution >= 4 is 21.6 Å². The Morgan fingerprint density at radius 3 is 2.65 bits per heavy atom. The van der Waals surface area contributed by atoms with Crippen LogP contribution in [0.2, 0.25) is 5.02 Å². The number of hydrogen-bond donors (Lipinski definition) is 1. The van der Waals surface area contributed by atoms with Gasteiger partial charge in [-0.25, -0.2) is 13.1 Å². The first-order chi connectivity index (χ1) is 10.9. The van der Waals surface area contributed by atoms with E-state index >= 15 is 0 Å². The van der Waals surface area contributed by atoms with E-state index in [0.717, 1.165) is 24.2 Å². The summed E-state index contributed by atoms with van der Waals surface area (Å²) in [5.41, 5.74) is 0.574. The van der Waals surface area contributed by atoms with E-state index < -0.39 is 10.0 Å². The van der Waals surface area contributed by atoms with E-state index in [1.165, 1.54) is 0 Å². The average Bonchev–Trinajstić information content (AvgIpc) is 2.54. The number of nitrogens with one attached hydrogen (secondary N) is 1. The summed E-state index contributed by atoms with van der Waals surface area (Å²) < 4.78 is 37.9. The molecule has 0 spiro atoms. The lowest BCUT2D eigenvalue weighted by molar-refractivity contribution is 0.0509. The van der Waals surface area contributed by atoms with Crippen LogP contribution in [0.3, 0.4) is 0 Å². The normalized spacial score (nSPS) is 17.9. The largest absolute Gasteiger partial charge is 0.496 e. The second kappa shape index (κ2) is 7.83. The van der Waals surface area contributed by atoms with Gasteiger partial charge in [0.15, 0.2) is 0 Å². The first-order valence-corrected chi connectivity index (χ1v) is 9.84. The van der Waals surface area contributed by atoms with Gasteiger partial charge >= 0.3 is 0 Å². The van der Waals surface area contributed by atoms with Crippen LogP contribution in [0.1, 0.15) is 31.7 Å². The fraction of sp³-hybridized carbons (Fsp3) is 0.625. The molecule has 7 heteroatoms. The molecule has 0 atom stereocenters. The van der Waals surface area contributed by atoms with Gasteiger partial charge in [0.2, 0.25) is 10.0 Å². The molecule has 1 aliphatic rings. The number of sulfonamides is 1. The van der Waals surface area contributed by atoms with Crippen molar-refractivity contribution in [2.45, 2.75) is 31.6 Å². The Hall–Kier alpha value is -0.820.